The van der Waals surface area contributed by atoms with Crippen LogP contribution < -0.4 is 9.80 Å². The maximum atomic E-state index is 14.9. The molecule has 5 nitrogen and oxygen atoms in total. The Morgan fingerprint density at radius 1 is 0.917 bits per heavy atom. The fourth-order valence-corrected chi connectivity index (χ4v) is 4.57. The van der Waals surface area contributed by atoms with Crippen LogP contribution in [-0.4, -0.2) is 29.9 Å². The maximum Gasteiger partial charge on any atom is 0.300 e. The second-order valence-electron chi connectivity index (χ2n) is 8.83. The molecule has 1 unspecified atom stereocenters. The molecule has 3 aromatic carbocycles. The summed E-state index contributed by atoms with van der Waals surface area (Å²) in [4.78, 5) is 29.5. The number of aryl methyl sites for hydroxylation is 2. The minimum absolute atomic E-state index is 0.178. The summed E-state index contributed by atoms with van der Waals surface area (Å²) in [5.41, 5.74) is 3.13. The van der Waals surface area contributed by atoms with Gasteiger partial charge in [-0.2, -0.15) is 0 Å². The summed E-state index contributed by atoms with van der Waals surface area (Å²) >= 11 is 0. The van der Waals surface area contributed by atoms with E-state index in [0.29, 0.717) is 11.1 Å². The second kappa shape index (κ2) is 9.93. The van der Waals surface area contributed by atoms with Gasteiger partial charge < -0.3 is 10.0 Å². The average molecular weight is 491 g/mol. The number of nitrogens with zero attached hydrogens (tertiary/aromatic N) is 2. The van der Waals surface area contributed by atoms with Crippen LogP contribution in [0.3, 0.4) is 0 Å². The van der Waals surface area contributed by atoms with Gasteiger partial charge >= 0.3 is 0 Å². The van der Waals surface area contributed by atoms with Gasteiger partial charge in [-0.15, -0.1) is 0 Å². The first-order chi connectivity index (χ1) is 17.2. The Balaban J connectivity index is 1.94. The molecule has 36 heavy (non-hydrogen) atoms. The van der Waals surface area contributed by atoms with Crippen LogP contribution in [-0.2, 0) is 9.59 Å². The van der Waals surface area contributed by atoms with E-state index >= 15 is 0 Å². The molecule has 0 radical (unpaired) electrons. The monoisotopic (exact) mass is 490 g/mol. The summed E-state index contributed by atoms with van der Waals surface area (Å²) in [7, 11) is 0. The van der Waals surface area contributed by atoms with Crippen LogP contribution in [0.15, 0.2) is 66.2 Å². The third kappa shape index (κ3) is 4.37. The zero-order chi connectivity index (χ0) is 26.1. The Morgan fingerprint density at radius 2 is 1.58 bits per heavy atom. The number of carbonyl (C=O) groups is 2. The van der Waals surface area contributed by atoms with Crippen LogP contribution in [0.2, 0.25) is 0 Å². The lowest BCUT2D eigenvalue weighted by Gasteiger charge is -2.27. The molecular weight excluding hydrogens is 462 g/mol. The summed E-state index contributed by atoms with van der Waals surface area (Å²) in [5, 5.41) is 11.3. The van der Waals surface area contributed by atoms with Crippen molar-refractivity contribution in [3.05, 3.63) is 100 Å². The molecule has 1 fully saturated rings. The largest absolute Gasteiger partial charge is 0.507 e. The summed E-state index contributed by atoms with van der Waals surface area (Å²) in [6.45, 7) is 9.43. The van der Waals surface area contributed by atoms with Crippen molar-refractivity contribution in [2.45, 2.75) is 33.7 Å². The quantitative estimate of drug-likeness (QED) is 0.259. The molecule has 1 saturated heterocycles. The van der Waals surface area contributed by atoms with Crippen LogP contribution in [0.5, 0.6) is 0 Å². The van der Waals surface area contributed by atoms with E-state index in [1.807, 2.05) is 39.8 Å². The molecule has 0 saturated carbocycles. The van der Waals surface area contributed by atoms with E-state index in [-0.39, 0.29) is 17.0 Å². The van der Waals surface area contributed by atoms with Crippen LogP contribution in [0, 0.1) is 25.5 Å². The molecule has 0 aliphatic carbocycles. The molecule has 1 aliphatic heterocycles. The van der Waals surface area contributed by atoms with Gasteiger partial charge in [0, 0.05) is 30.4 Å². The van der Waals surface area contributed by atoms with Crippen molar-refractivity contribution in [2.75, 3.05) is 22.9 Å². The Kier molecular flexibility index (Phi) is 6.93. The zero-order valence-electron chi connectivity index (χ0n) is 20.7. The number of aliphatic hydroxyl groups excluding tert-OH is 1. The summed E-state index contributed by atoms with van der Waals surface area (Å²) < 4.78 is 29.0. The van der Waals surface area contributed by atoms with Gasteiger partial charge in [-0.25, -0.2) is 8.78 Å². The molecule has 0 spiro atoms. The lowest BCUT2D eigenvalue weighted by atomic mass is 9.94. The molecule has 1 heterocycles. The number of amides is 1. The standard InChI is InChI=1S/C29H28F2N2O3/c1-5-32(6-2)22-12-9-19(10-13-22)26-25(27(34)20-8-7-17(3)18(4)15-20)28(35)29(36)33(26)24-16-21(30)11-14-23(24)31/h7-16,26,34H,5-6H2,1-4H3/b27-25+. The van der Waals surface area contributed by atoms with Gasteiger partial charge in [-0.3, -0.25) is 14.5 Å². The minimum Gasteiger partial charge on any atom is -0.507 e. The molecule has 0 aromatic heterocycles. The Bertz CT molecular complexity index is 1360. The van der Waals surface area contributed by atoms with Crippen LogP contribution in [0.1, 0.15) is 42.1 Å². The summed E-state index contributed by atoms with van der Waals surface area (Å²) in [6.07, 6.45) is 0. The molecule has 1 aliphatic rings. The molecular formula is C29H28F2N2O3. The van der Waals surface area contributed by atoms with Crippen LogP contribution in [0.25, 0.3) is 5.76 Å². The third-order valence-electron chi connectivity index (χ3n) is 6.73. The highest BCUT2D eigenvalue weighted by atomic mass is 19.1. The Morgan fingerprint density at radius 3 is 2.19 bits per heavy atom. The first-order valence-electron chi connectivity index (χ1n) is 11.9. The van der Waals surface area contributed by atoms with Gasteiger partial charge in [0.25, 0.3) is 11.7 Å². The third-order valence-corrected chi connectivity index (χ3v) is 6.73. The van der Waals surface area contributed by atoms with Crippen LogP contribution in [0.4, 0.5) is 20.2 Å². The molecule has 1 N–H and O–H groups in total. The van der Waals surface area contributed by atoms with Crippen molar-refractivity contribution in [1.29, 1.82) is 0 Å². The summed E-state index contributed by atoms with van der Waals surface area (Å²) in [5.74, 6) is -3.98. The first-order valence-corrected chi connectivity index (χ1v) is 11.9. The van der Waals surface area contributed by atoms with Gasteiger partial charge in [-0.05, 0) is 74.7 Å². The van der Waals surface area contributed by atoms with E-state index in [1.165, 1.54) is 0 Å². The van der Waals surface area contributed by atoms with Crippen molar-refractivity contribution in [1.82, 2.24) is 0 Å². The molecule has 4 rings (SSSR count). The van der Waals surface area contributed by atoms with Gasteiger partial charge in [-0.1, -0.05) is 24.3 Å². The highest BCUT2D eigenvalue weighted by Gasteiger charge is 2.47. The number of halogens is 2. The predicted molar refractivity (Wildman–Crippen MR) is 137 cm³/mol. The Hall–Kier alpha value is -4.00. The highest BCUT2D eigenvalue weighted by molar-refractivity contribution is 6.51. The number of hydrogen-bond donors (Lipinski definition) is 1. The molecule has 0 bridgehead atoms. The second-order valence-corrected chi connectivity index (χ2v) is 8.83. The first kappa shape index (κ1) is 25.1. The molecule has 186 valence electrons. The molecule has 1 amide bonds. The lowest BCUT2D eigenvalue weighted by Crippen LogP contribution is -2.30. The number of anilines is 2. The number of hydrogen-bond acceptors (Lipinski definition) is 4. The number of ketones is 1. The van der Waals surface area contributed by atoms with E-state index in [9.17, 15) is 23.5 Å². The van der Waals surface area contributed by atoms with Gasteiger partial charge in [0.1, 0.15) is 17.4 Å². The number of aliphatic hydroxyl groups is 1. The zero-order valence-corrected chi connectivity index (χ0v) is 20.7. The van der Waals surface area contributed by atoms with E-state index < -0.39 is 29.4 Å². The van der Waals surface area contributed by atoms with Crippen molar-refractivity contribution in [3.63, 3.8) is 0 Å². The molecule has 1 atom stereocenters. The number of benzene rings is 3. The molecule has 7 heteroatoms. The molecule has 3 aromatic rings. The van der Waals surface area contributed by atoms with E-state index in [4.69, 9.17) is 0 Å². The topological polar surface area (TPSA) is 60.9 Å². The smallest absolute Gasteiger partial charge is 0.300 e. The fourth-order valence-electron chi connectivity index (χ4n) is 4.57. The maximum absolute atomic E-state index is 14.9. The van der Waals surface area contributed by atoms with E-state index in [2.05, 4.69) is 4.90 Å². The SMILES string of the molecule is CCN(CC)c1ccc(C2/C(=C(\O)c3ccc(C)c(C)c3)C(=O)C(=O)N2c2cc(F)ccc2F)cc1. The fraction of sp³-hybridized carbons (Fsp3) is 0.241. The highest BCUT2D eigenvalue weighted by Crippen LogP contribution is 2.43. The number of carbonyl (C=O) groups excluding carboxylic acids is 2. The van der Waals surface area contributed by atoms with Gasteiger partial charge in [0.15, 0.2) is 0 Å². The Labute approximate surface area is 209 Å². The van der Waals surface area contributed by atoms with Crippen LogP contribution >= 0.6 is 0 Å². The average Bonchev–Trinajstić information content (AvgIpc) is 3.13. The number of Topliss-reactive ketones (excluding diaryl/α,β-unsaturated/α-hetero) is 1. The predicted octanol–water partition coefficient (Wildman–Crippen LogP) is 6.05. The lowest BCUT2D eigenvalue weighted by molar-refractivity contribution is -0.132. The van der Waals surface area contributed by atoms with Crippen molar-refractivity contribution >= 4 is 28.8 Å². The normalized spacial score (nSPS) is 17.1. The van der Waals surface area contributed by atoms with Gasteiger partial charge in [0.05, 0.1) is 17.3 Å². The van der Waals surface area contributed by atoms with Crippen molar-refractivity contribution in [2.24, 2.45) is 0 Å². The van der Waals surface area contributed by atoms with Crippen molar-refractivity contribution < 1.29 is 23.5 Å². The minimum atomic E-state index is -1.14. The summed E-state index contributed by atoms with van der Waals surface area (Å²) in [6, 6.07) is 14.0. The van der Waals surface area contributed by atoms with E-state index in [0.717, 1.165) is 53.0 Å². The van der Waals surface area contributed by atoms with Gasteiger partial charge in [0.2, 0.25) is 0 Å². The van der Waals surface area contributed by atoms with E-state index in [1.54, 1.807) is 30.3 Å². The van der Waals surface area contributed by atoms with Crippen molar-refractivity contribution in [3.8, 4) is 0 Å². The number of rotatable bonds is 6.